The quantitative estimate of drug-likeness (QED) is 0.747. The van der Waals surface area contributed by atoms with Gasteiger partial charge in [0.2, 0.25) is 0 Å². The van der Waals surface area contributed by atoms with E-state index in [2.05, 4.69) is 36.5 Å². The molecule has 124 valence electrons. The molecule has 0 spiro atoms. The fraction of sp³-hybridized carbons (Fsp3) is 0.611. The Labute approximate surface area is 139 Å². The van der Waals surface area contributed by atoms with Crippen molar-refractivity contribution < 1.29 is 9.90 Å². The lowest BCUT2D eigenvalue weighted by atomic mass is 9.68. The van der Waals surface area contributed by atoms with Crippen LogP contribution in [-0.2, 0) is 11.2 Å². The molecular weight excluding hydrogens is 298 g/mol. The first-order valence-corrected chi connectivity index (χ1v) is 8.06. The number of halogens is 1. The van der Waals surface area contributed by atoms with Crippen LogP contribution in [0.3, 0.4) is 0 Å². The zero-order valence-corrected chi connectivity index (χ0v) is 14.2. The van der Waals surface area contributed by atoms with Gasteiger partial charge in [0, 0.05) is 6.54 Å². The van der Waals surface area contributed by atoms with Gasteiger partial charge in [-0.15, -0.1) is 12.4 Å². The second-order valence-electron chi connectivity index (χ2n) is 6.68. The van der Waals surface area contributed by atoms with E-state index in [1.165, 1.54) is 12.0 Å². The van der Waals surface area contributed by atoms with Gasteiger partial charge >= 0.3 is 5.97 Å². The topological polar surface area (TPSA) is 49.3 Å². The molecular formula is C18H28ClNO2. The molecule has 0 bridgehead atoms. The van der Waals surface area contributed by atoms with Gasteiger partial charge in [0.15, 0.2) is 0 Å². The number of hydrogen-bond acceptors (Lipinski definition) is 2. The van der Waals surface area contributed by atoms with Crippen LogP contribution in [0, 0.1) is 11.3 Å². The number of nitrogens with one attached hydrogen (secondary N) is 1. The van der Waals surface area contributed by atoms with Crippen LogP contribution in [0.5, 0.6) is 0 Å². The van der Waals surface area contributed by atoms with E-state index in [0.29, 0.717) is 12.3 Å². The highest BCUT2D eigenvalue weighted by Crippen LogP contribution is 2.41. The fourth-order valence-electron chi connectivity index (χ4n) is 3.70. The van der Waals surface area contributed by atoms with Crippen molar-refractivity contribution in [1.29, 1.82) is 0 Å². The Morgan fingerprint density at radius 3 is 2.73 bits per heavy atom. The number of hydrogen-bond donors (Lipinski definition) is 2. The lowest BCUT2D eigenvalue weighted by molar-refractivity contribution is -0.140. The monoisotopic (exact) mass is 325 g/mol. The molecule has 1 aliphatic rings. The number of rotatable bonds is 7. The highest BCUT2D eigenvalue weighted by molar-refractivity contribution is 5.85. The van der Waals surface area contributed by atoms with Gasteiger partial charge in [0.1, 0.15) is 0 Å². The Morgan fingerprint density at radius 1 is 1.36 bits per heavy atom. The Hall–Kier alpha value is -1.06. The maximum Gasteiger partial charge on any atom is 0.303 e. The van der Waals surface area contributed by atoms with Gasteiger partial charge in [0.25, 0.3) is 0 Å². The summed E-state index contributed by atoms with van der Waals surface area (Å²) in [5, 5.41) is 12.7. The van der Waals surface area contributed by atoms with Gasteiger partial charge in [-0.05, 0) is 42.7 Å². The van der Waals surface area contributed by atoms with Crippen molar-refractivity contribution in [3.05, 3.63) is 35.9 Å². The van der Waals surface area contributed by atoms with Crippen LogP contribution in [0.1, 0.15) is 44.6 Å². The van der Waals surface area contributed by atoms with Gasteiger partial charge < -0.3 is 10.4 Å². The maximum absolute atomic E-state index is 11.2. The number of carboxylic acid groups (broad SMARTS) is 1. The molecule has 0 amide bonds. The predicted octanol–water partition coefficient (Wildman–Crippen LogP) is 3.91. The first-order valence-electron chi connectivity index (χ1n) is 8.06. The van der Waals surface area contributed by atoms with E-state index >= 15 is 0 Å². The van der Waals surface area contributed by atoms with E-state index in [4.69, 9.17) is 0 Å². The smallest absolute Gasteiger partial charge is 0.303 e. The summed E-state index contributed by atoms with van der Waals surface area (Å²) in [6.07, 6.45) is 5.79. The van der Waals surface area contributed by atoms with Crippen LogP contribution in [0.2, 0.25) is 0 Å². The summed E-state index contributed by atoms with van der Waals surface area (Å²) >= 11 is 0. The minimum Gasteiger partial charge on any atom is -0.481 e. The third-order valence-electron chi connectivity index (χ3n) is 4.65. The van der Waals surface area contributed by atoms with Gasteiger partial charge in [-0.25, -0.2) is 0 Å². The summed E-state index contributed by atoms with van der Waals surface area (Å²) in [5.74, 6) is -0.0111. The van der Waals surface area contributed by atoms with Gasteiger partial charge in [-0.2, -0.15) is 0 Å². The van der Waals surface area contributed by atoms with E-state index in [1.807, 2.05) is 6.07 Å². The zero-order valence-electron chi connectivity index (χ0n) is 13.4. The molecule has 0 aliphatic heterocycles. The third kappa shape index (κ3) is 5.98. The lowest BCUT2D eigenvalue weighted by Gasteiger charge is -2.39. The van der Waals surface area contributed by atoms with E-state index < -0.39 is 5.97 Å². The van der Waals surface area contributed by atoms with Crippen LogP contribution in [-0.4, -0.2) is 24.2 Å². The molecule has 2 atom stereocenters. The van der Waals surface area contributed by atoms with Crippen molar-refractivity contribution in [2.45, 2.75) is 45.4 Å². The number of carboxylic acids is 1. The van der Waals surface area contributed by atoms with Crippen LogP contribution in [0.4, 0.5) is 0 Å². The Morgan fingerprint density at radius 2 is 2.09 bits per heavy atom. The molecule has 1 aromatic carbocycles. The van der Waals surface area contributed by atoms with Crippen molar-refractivity contribution in [3.63, 3.8) is 0 Å². The van der Waals surface area contributed by atoms with Crippen molar-refractivity contribution in [2.24, 2.45) is 11.3 Å². The van der Waals surface area contributed by atoms with E-state index in [0.717, 1.165) is 38.8 Å². The van der Waals surface area contributed by atoms with Gasteiger partial charge in [0.05, 0.1) is 6.42 Å². The molecule has 0 unspecified atom stereocenters. The summed E-state index contributed by atoms with van der Waals surface area (Å²) in [6.45, 7) is 4.00. The number of benzene rings is 1. The fourth-order valence-corrected chi connectivity index (χ4v) is 3.70. The highest BCUT2D eigenvalue weighted by atomic mass is 35.5. The predicted molar refractivity (Wildman–Crippen MR) is 92.6 cm³/mol. The molecule has 0 heterocycles. The number of carbonyl (C=O) groups is 1. The normalized spacial score (nSPS) is 24.5. The van der Waals surface area contributed by atoms with Crippen molar-refractivity contribution in [1.82, 2.24) is 5.32 Å². The number of aliphatic carboxylic acids is 1. The molecule has 0 aromatic heterocycles. The Bertz CT molecular complexity index is 452. The summed E-state index contributed by atoms with van der Waals surface area (Å²) < 4.78 is 0. The molecule has 22 heavy (non-hydrogen) atoms. The van der Waals surface area contributed by atoms with Gasteiger partial charge in [-0.3, -0.25) is 4.79 Å². The SMILES string of the molecule is C[C@@H]1CCC[C@](CNCCc2ccccc2)(CC(=O)O)C1.Cl. The molecule has 0 radical (unpaired) electrons. The molecule has 1 fully saturated rings. The highest BCUT2D eigenvalue weighted by Gasteiger charge is 2.36. The molecule has 4 heteroatoms. The minimum atomic E-state index is -0.658. The molecule has 0 saturated heterocycles. The second-order valence-corrected chi connectivity index (χ2v) is 6.68. The summed E-state index contributed by atoms with van der Waals surface area (Å²) in [5.41, 5.74) is 1.29. The standard InChI is InChI=1S/C18H27NO2.ClH/c1-15-6-5-10-18(12-15,13-17(20)21)14-19-11-9-16-7-3-2-4-8-16;/h2-4,7-8,15,19H,5-6,9-14H2,1H3,(H,20,21);1H/t15-,18-;/m1./s1. The molecule has 3 nitrogen and oxygen atoms in total. The Kier molecular flexibility index (Phi) is 7.91. The molecule has 1 saturated carbocycles. The Balaban J connectivity index is 0.00000242. The molecule has 1 aliphatic carbocycles. The lowest BCUT2D eigenvalue weighted by Crippen LogP contribution is -2.40. The first kappa shape index (κ1) is 19.0. The summed E-state index contributed by atoms with van der Waals surface area (Å²) in [7, 11) is 0. The maximum atomic E-state index is 11.2. The first-order chi connectivity index (χ1) is 10.1. The zero-order chi connectivity index (χ0) is 15.1. The average Bonchev–Trinajstić information content (AvgIpc) is 2.44. The summed E-state index contributed by atoms with van der Waals surface area (Å²) in [4.78, 5) is 11.2. The summed E-state index contributed by atoms with van der Waals surface area (Å²) in [6, 6.07) is 10.4. The van der Waals surface area contributed by atoms with E-state index in [-0.39, 0.29) is 17.8 Å². The van der Waals surface area contributed by atoms with Gasteiger partial charge in [-0.1, -0.05) is 50.1 Å². The largest absolute Gasteiger partial charge is 0.481 e. The van der Waals surface area contributed by atoms with Crippen molar-refractivity contribution in [3.8, 4) is 0 Å². The van der Waals surface area contributed by atoms with Crippen LogP contribution in [0.15, 0.2) is 30.3 Å². The molecule has 1 aromatic rings. The third-order valence-corrected chi connectivity index (χ3v) is 4.65. The van der Waals surface area contributed by atoms with Crippen LogP contribution >= 0.6 is 12.4 Å². The van der Waals surface area contributed by atoms with Crippen LogP contribution < -0.4 is 5.32 Å². The average molecular weight is 326 g/mol. The van der Waals surface area contributed by atoms with Crippen molar-refractivity contribution >= 4 is 18.4 Å². The van der Waals surface area contributed by atoms with Crippen molar-refractivity contribution in [2.75, 3.05) is 13.1 Å². The van der Waals surface area contributed by atoms with Crippen LogP contribution in [0.25, 0.3) is 0 Å². The van der Waals surface area contributed by atoms with E-state index in [1.54, 1.807) is 0 Å². The minimum absolute atomic E-state index is 0. The second kappa shape index (κ2) is 9.16. The molecule has 2 rings (SSSR count). The molecule has 2 N–H and O–H groups in total. The van der Waals surface area contributed by atoms with E-state index in [9.17, 15) is 9.90 Å².